The molecule has 0 unspecified atom stereocenters. The van der Waals surface area contributed by atoms with E-state index < -0.39 is 22.5 Å². The molecule has 0 saturated heterocycles. The van der Waals surface area contributed by atoms with Gasteiger partial charge in [0, 0.05) is 18.9 Å². The number of aromatic nitrogens is 1. The van der Waals surface area contributed by atoms with Gasteiger partial charge in [0.25, 0.3) is 0 Å². The highest BCUT2D eigenvalue weighted by atomic mass is 32.2. The third kappa shape index (κ3) is 3.50. The Morgan fingerprint density at radius 2 is 2.24 bits per heavy atom. The Balaban J connectivity index is 3.04. The van der Waals surface area contributed by atoms with Crippen molar-refractivity contribution >= 4 is 16.0 Å². The number of carbonyl (C=O) groups is 1. The fraction of sp³-hybridized carbons (Fsp3) is 0.400. The van der Waals surface area contributed by atoms with E-state index in [9.17, 15) is 13.2 Å². The molecule has 1 aromatic rings. The van der Waals surface area contributed by atoms with E-state index in [0.717, 1.165) is 4.31 Å². The van der Waals surface area contributed by atoms with Crippen molar-refractivity contribution in [3.63, 3.8) is 0 Å². The lowest BCUT2D eigenvalue weighted by molar-refractivity contribution is -0.137. The number of carboxylic acids is 1. The summed E-state index contributed by atoms with van der Waals surface area (Å²) in [6, 6.07) is 2.89. The number of hydrogen-bond acceptors (Lipinski definition) is 4. The van der Waals surface area contributed by atoms with E-state index in [4.69, 9.17) is 5.11 Å². The van der Waals surface area contributed by atoms with Gasteiger partial charge in [-0.05, 0) is 18.6 Å². The summed E-state index contributed by atoms with van der Waals surface area (Å²) in [7, 11) is -3.77. The summed E-state index contributed by atoms with van der Waals surface area (Å²) in [5, 5.41) is 8.70. The predicted octanol–water partition coefficient (Wildman–Crippen LogP) is 0.567. The molecule has 1 N–H and O–H groups in total. The topological polar surface area (TPSA) is 87.6 Å². The van der Waals surface area contributed by atoms with Crippen LogP contribution in [0.3, 0.4) is 0 Å². The second-order valence-electron chi connectivity index (χ2n) is 3.42. The van der Waals surface area contributed by atoms with Crippen LogP contribution in [0, 0.1) is 0 Å². The molecule has 1 rings (SSSR count). The van der Waals surface area contributed by atoms with Crippen molar-refractivity contribution in [3.05, 3.63) is 24.5 Å². The maximum atomic E-state index is 12.1. The summed E-state index contributed by atoms with van der Waals surface area (Å²) < 4.78 is 25.1. The molecule has 0 aromatic carbocycles. The lowest BCUT2D eigenvalue weighted by atomic mass is 10.5. The molecule has 0 atom stereocenters. The Morgan fingerprint density at radius 3 is 2.71 bits per heavy atom. The Bertz CT molecular complexity index is 472. The number of carboxylic acid groups (broad SMARTS) is 1. The fourth-order valence-electron chi connectivity index (χ4n) is 1.33. The SMILES string of the molecule is CCCN(CC(=O)O)S(=O)(=O)c1cccnc1. The van der Waals surface area contributed by atoms with Gasteiger partial charge < -0.3 is 5.11 Å². The normalized spacial score (nSPS) is 11.6. The van der Waals surface area contributed by atoms with Gasteiger partial charge in [0.05, 0.1) is 0 Å². The van der Waals surface area contributed by atoms with Crippen LogP contribution >= 0.6 is 0 Å². The minimum Gasteiger partial charge on any atom is -0.480 e. The summed E-state index contributed by atoms with van der Waals surface area (Å²) in [6.07, 6.45) is 3.22. The van der Waals surface area contributed by atoms with Crippen LogP contribution in [-0.2, 0) is 14.8 Å². The molecule has 0 amide bonds. The lowest BCUT2D eigenvalue weighted by Crippen LogP contribution is -2.36. The third-order valence-corrected chi connectivity index (χ3v) is 3.89. The average Bonchev–Trinajstić information content (AvgIpc) is 2.29. The van der Waals surface area contributed by atoms with Crippen molar-refractivity contribution in [2.24, 2.45) is 0 Å². The van der Waals surface area contributed by atoms with Gasteiger partial charge in [-0.25, -0.2) is 8.42 Å². The van der Waals surface area contributed by atoms with Crippen molar-refractivity contribution in [2.75, 3.05) is 13.1 Å². The van der Waals surface area contributed by atoms with Crippen molar-refractivity contribution in [2.45, 2.75) is 18.2 Å². The van der Waals surface area contributed by atoms with Crippen LogP contribution < -0.4 is 0 Å². The highest BCUT2D eigenvalue weighted by Crippen LogP contribution is 2.14. The van der Waals surface area contributed by atoms with Gasteiger partial charge >= 0.3 is 5.97 Å². The maximum absolute atomic E-state index is 12.1. The molecule has 1 heterocycles. The van der Waals surface area contributed by atoms with E-state index in [1.165, 1.54) is 24.5 Å². The standard InChI is InChI=1S/C10H14N2O4S/c1-2-6-12(8-10(13)14)17(15,16)9-4-3-5-11-7-9/h3-5,7H,2,6,8H2,1H3,(H,13,14). The number of nitrogens with zero attached hydrogens (tertiary/aromatic N) is 2. The zero-order chi connectivity index (χ0) is 12.9. The summed E-state index contributed by atoms with van der Waals surface area (Å²) in [5.74, 6) is -1.18. The maximum Gasteiger partial charge on any atom is 0.318 e. The van der Waals surface area contributed by atoms with Crippen molar-refractivity contribution in [3.8, 4) is 0 Å². The smallest absolute Gasteiger partial charge is 0.318 e. The number of hydrogen-bond donors (Lipinski definition) is 1. The molecule has 0 bridgehead atoms. The van der Waals surface area contributed by atoms with E-state index in [-0.39, 0.29) is 11.4 Å². The number of pyridine rings is 1. The van der Waals surface area contributed by atoms with E-state index in [1.54, 1.807) is 6.92 Å². The minimum absolute atomic E-state index is 0.00898. The summed E-state index contributed by atoms with van der Waals surface area (Å²) in [5.41, 5.74) is 0. The quantitative estimate of drug-likeness (QED) is 0.805. The molecular formula is C10H14N2O4S. The van der Waals surface area contributed by atoms with Crippen LogP contribution in [0.15, 0.2) is 29.4 Å². The predicted molar refractivity (Wildman–Crippen MR) is 60.9 cm³/mol. The van der Waals surface area contributed by atoms with Crippen LogP contribution in [0.2, 0.25) is 0 Å². The van der Waals surface area contributed by atoms with Crippen LogP contribution in [0.5, 0.6) is 0 Å². The molecule has 0 aliphatic carbocycles. The van der Waals surface area contributed by atoms with Gasteiger partial charge in [0.1, 0.15) is 11.4 Å². The molecule has 0 radical (unpaired) electrons. The first-order valence-corrected chi connectivity index (χ1v) is 6.54. The highest BCUT2D eigenvalue weighted by molar-refractivity contribution is 7.89. The molecule has 0 spiro atoms. The molecule has 0 aliphatic rings. The van der Waals surface area contributed by atoms with Crippen molar-refractivity contribution < 1.29 is 18.3 Å². The zero-order valence-electron chi connectivity index (χ0n) is 9.41. The lowest BCUT2D eigenvalue weighted by Gasteiger charge is -2.19. The van der Waals surface area contributed by atoms with Gasteiger partial charge in [0.2, 0.25) is 10.0 Å². The molecule has 0 fully saturated rings. The molecule has 0 aliphatic heterocycles. The Hall–Kier alpha value is -1.47. The van der Waals surface area contributed by atoms with Crippen LogP contribution in [0.4, 0.5) is 0 Å². The monoisotopic (exact) mass is 258 g/mol. The Morgan fingerprint density at radius 1 is 1.53 bits per heavy atom. The highest BCUT2D eigenvalue weighted by Gasteiger charge is 2.25. The fourth-order valence-corrected chi connectivity index (χ4v) is 2.78. The second kappa shape index (κ2) is 5.74. The van der Waals surface area contributed by atoms with Crippen molar-refractivity contribution in [1.82, 2.24) is 9.29 Å². The molecule has 17 heavy (non-hydrogen) atoms. The molecule has 94 valence electrons. The van der Waals surface area contributed by atoms with E-state index in [1.807, 2.05) is 0 Å². The van der Waals surface area contributed by atoms with Crippen LogP contribution in [0.25, 0.3) is 0 Å². The van der Waals surface area contributed by atoms with Gasteiger partial charge in [-0.1, -0.05) is 6.92 Å². The minimum atomic E-state index is -3.77. The largest absolute Gasteiger partial charge is 0.480 e. The molecule has 0 saturated carbocycles. The number of rotatable bonds is 6. The average molecular weight is 258 g/mol. The number of aliphatic carboxylic acids is 1. The van der Waals surface area contributed by atoms with E-state index >= 15 is 0 Å². The van der Waals surface area contributed by atoms with E-state index in [2.05, 4.69) is 4.98 Å². The first-order valence-electron chi connectivity index (χ1n) is 5.10. The van der Waals surface area contributed by atoms with Crippen LogP contribution in [0.1, 0.15) is 13.3 Å². The first-order chi connectivity index (χ1) is 7.98. The van der Waals surface area contributed by atoms with Crippen LogP contribution in [-0.4, -0.2) is 41.9 Å². The Kier molecular flexibility index (Phi) is 4.59. The second-order valence-corrected chi connectivity index (χ2v) is 5.36. The third-order valence-electron chi connectivity index (χ3n) is 2.06. The summed E-state index contributed by atoms with van der Waals surface area (Å²) in [4.78, 5) is 14.4. The molecule has 1 aromatic heterocycles. The van der Waals surface area contributed by atoms with Gasteiger partial charge in [-0.2, -0.15) is 4.31 Å². The van der Waals surface area contributed by atoms with E-state index in [0.29, 0.717) is 6.42 Å². The summed E-state index contributed by atoms with van der Waals surface area (Å²) >= 11 is 0. The zero-order valence-corrected chi connectivity index (χ0v) is 10.2. The molecule has 7 heteroatoms. The first kappa shape index (κ1) is 13.6. The molecule has 6 nitrogen and oxygen atoms in total. The number of sulfonamides is 1. The van der Waals surface area contributed by atoms with Crippen molar-refractivity contribution in [1.29, 1.82) is 0 Å². The van der Waals surface area contributed by atoms with Gasteiger partial charge in [-0.3, -0.25) is 9.78 Å². The van der Waals surface area contributed by atoms with Gasteiger partial charge in [0.15, 0.2) is 0 Å². The molecular weight excluding hydrogens is 244 g/mol. The Labute approximate surface area is 100.0 Å². The van der Waals surface area contributed by atoms with Gasteiger partial charge in [-0.15, -0.1) is 0 Å². The summed E-state index contributed by atoms with van der Waals surface area (Å²) in [6.45, 7) is 1.42.